The summed E-state index contributed by atoms with van der Waals surface area (Å²) in [6.45, 7) is 6.15. The van der Waals surface area contributed by atoms with E-state index in [-0.39, 0.29) is 17.3 Å². The molecule has 0 spiro atoms. The van der Waals surface area contributed by atoms with E-state index in [9.17, 15) is 13.2 Å². The van der Waals surface area contributed by atoms with Gasteiger partial charge in [-0.2, -0.15) is 4.31 Å². The molecular formula is C17H24N2O4S. The van der Waals surface area contributed by atoms with E-state index in [0.717, 1.165) is 24.2 Å². The molecule has 132 valence electrons. The van der Waals surface area contributed by atoms with Crippen LogP contribution in [0.3, 0.4) is 0 Å². The van der Waals surface area contributed by atoms with Gasteiger partial charge in [0.1, 0.15) is 5.75 Å². The number of amides is 1. The highest BCUT2D eigenvalue weighted by molar-refractivity contribution is 7.89. The molecule has 2 aliphatic rings. The fraction of sp³-hybridized carbons (Fsp3) is 0.588. The fourth-order valence-corrected chi connectivity index (χ4v) is 4.60. The topological polar surface area (TPSA) is 66.9 Å². The molecule has 6 nitrogen and oxygen atoms in total. The average molecular weight is 352 g/mol. The van der Waals surface area contributed by atoms with E-state index in [1.807, 2.05) is 13.8 Å². The van der Waals surface area contributed by atoms with E-state index in [1.165, 1.54) is 4.31 Å². The smallest absolute Gasteiger partial charge is 0.243 e. The van der Waals surface area contributed by atoms with Gasteiger partial charge < -0.3 is 9.64 Å². The number of carbonyl (C=O) groups excluding carboxylic acids is 1. The number of ether oxygens (including phenoxy) is 1. The standard InChI is InChI=1S/C17H24N2O4S/c1-13(2)11-18-7-8-19(12-17(18)20)24(21,22)15-5-6-16-14(10-15)4-3-9-23-16/h5-6,10,13H,3-4,7-9,11-12H2,1-2H3. The van der Waals surface area contributed by atoms with E-state index in [0.29, 0.717) is 32.2 Å². The molecule has 1 aromatic rings. The minimum absolute atomic E-state index is 0.0807. The van der Waals surface area contributed by atoms with Gasteiger partial charge in [0, 0.05) is 19.6 Å². The highest BCUT2D eigenvalue weighted by Crippen LogP contribution is 2.29. The molecular weight excluding hydrogens is 328 g/mol. The second kappa shape index (κ2) is 6.72. The number of carbonyl (C=O) groups is 1. The normalized spacial score (nSPS) is 19.3. The van der Waals surface area contributed by atoms with Gasteiger partial charge in [-0.15, -0.1) is 0 Å². The van der Waals surface area contributed by atoms with Gasteiger partial charge in [0.15, 0.2) is 0 Å². The fourth-order valence-electron chi connectivity index (χ4n) is 3.17. The summed E-state index contributed by atoms with van der Waals surface area (Å²) < 4.78 is 32.5. The van der Waals surface area contributed by atoms with E-state index < -0.39 is 10.0 Å². The van der Waals surface area contributed by atoms with Gasteiger partial charge >= 0.3 is 0 Å². The Morgan fingerprint density at radius 3 is 2.75 bits per heavy atom. The van der Waals surface area contributed by atoms with Crippen LogP contribution in [0.15, 0.2) is 23.1 Å². The van der Waals surface area contributed by atoms with Crippen LogP contribution in [-0.2, 0) is 21.2 Å². The number of rotatable bonds is 4. The third-order valence-corrected chi connectivity index (χ3v) is 6.23. The monoisotopic (exact) mass is 352 g/mol. The van der Waals surface area contributed by atoms with Crippen molar-refractivity contribution in [2.24, 2.45) is 5.92 Å². The highest BCUT2D eigenvalue weighted by atomic mass is 32.2. The Morgan fingerprint density at radius 2 is 2.04 bits per heavy atom. The van der Waals surface area contributed by atoms with Gasteiger partial charge in [0.05, 0.1) is 18.0 Å². The second-order valence-corrected chi connectivity index (χ2v) is 8.73. The summed E-state index contributed by atoms with van der Waals surface area (Å²) in [5, 5.41) is 0. The molecule has 3 rings (SSSR count). The van der Waals surface area contributed by atoms with Crippen LogP contribution in [0.5, 0.6) is 5.75 Å². The number of hydrogen-bond donors (Lipinski definition) is 0. The molecule has 7 heteroatoms. The summed E-state index contributed by atoms with van der Waals surface area (Å²) in [5.74, 6) is 1.01. The van der Waals surface area contributed by atoms with Crippen LogP contribution in [0, 0.1) is 5.92 Å². The Kier molecular flexibility index (Phi) is 4.83. The average Bonchev–Trinajstić information content (AvgIpc) is 2.55. The van der Waals surface area contributed by atoms with Gasteiger partial charge in [-0.25, -0.2) is 8.42 Å². The zero-order valence-electron chi connectivity index (χ0n) is 14.2. The van der Waals surface area contributed by atoms with Crippen molar-refractivity contribution in [3.8, 4) is 5.75 Å². The molecule has 24 heavy (non-hydrogen) atoms. The van der Waals surface area contributed by atoms with Crippen LogP contribution < -0.4 is 4.74 Å². The third-order valence-electron chi connectivity index (χ3n) is 4.39. The van der Waals surface area contributed by atoms with Crippen LogP contribution in [0.25, 0.3) is 0 Å². The van der Waals surface area contributed by atoms with Crippen LogP contribution in [0.4, 0.5) is 0 Å². The third kappa shape index (κ3) is 3.42. The Hall–Kier alpha value is -1.60. The van der Waals surface area contributed by atoms with Crippen molar-refractivity contribution in [3.63, 3.8) is 0 Å². The first-order valence-electron chi connectivity index (χ1n) is 8.41. The number of aryl methyl sites for hydroxylation is 1. The Labute approximate surface area is 143 Å². The molecule has 0 aromatic heterocycles. The number of fused-ring (bicyclic) bond motifs is 1. The number of hydrogen-bond acceptors (Lipinski definition) is 4. The number of nitrogens with zero attached hydrogens (tertiary/aromatic N) is 2. The molecule has 1 amide bonds. The van der Waals surface area contributed by atoms with Crippen LogP contribution in [0.1, 0.15) is 25.8 Å². The molecule has 1 saturated heterocycles. The van der Waals surface area contributed by atoms with Crippen molar-refractivity contribution in [2.45, 2.75) is 31.6 Å². The summed E-state index contributed by atoms with van der Waals surface area (Å²) in [6, 6.07) is 4.98. The number of benzene rings is 1. The van der Waals surface area contributed by atoms with Crippen molar-refractivity contribution < 1.29 is 17.9 Å². The molecule has 0 radical (unpaired) electrons. The molecule has 0 N–H and O–H groups in total. The summed E-state index contributed by atoms with van der Waals surface area (Å²) in [5.41, 5.74) is 0.923. The minimum Gasteiger partial charge on any atom is -0.493 e. The summed E-state index contributed by atoms with van der Waals surface area (Å²) >= 11 is 0. The molecule has 0 saturated carbocycles. The first-order valence-corrected chi connectivity index (χ1v) is 9.85. The Bertz CT molecular complexity index is 730. The lowest BCUT2D eigenvalue weighted by molar-refractivity contribution is -0.134. The first kappa shape index (κ1) is 17.2. The van der Waals surface area contributed by atoms with Gasteiger partial charge in [-0.3, -0.25) is 4.79 Å². The summed E-state index contributed by atoms with van der Waals surface area (Å²) in [4.78, 5) is 14.2. The van der Waals surface area contributed by atoms with Crippen molar-refractivity contribution in [3.05, 3.63) is 23.8 Å². The maximum Gasteiger partial charge on any atom is 0.243 e. The van der Waals surface area contributed by atoms with Crippen molar-refractivity contribution >= 4 is 15.9 Å². The highest BCUT2D eigenvalue weighted by Gasteiger charge is 2.33. The first-order chi connectivity index (χ1) is 11.4. The van der Waals surface area contributed by atoms with Gasteiger partial charge in [0.2, 0.25) is 15.9 Å². The van der Waals surface area contributed by atoms with Crippen LogP contribution >= 0.6 is 0 Å². The predicted molar refractivity (Wildman–Crippen MR) is 90.4 cm³/mol. The van der Waals surface area contributed by atoms with Crippen LogP contribution in [0.2, 0.25) is 0 Å². The Morgan fingerprint density at radius 1 is 1.25 bits per heavy atom. The SMILES string of the molecule is CC(C)CN1CCN(S(=O)(=O)c2ccc3c(c2)CCCO3)CC1=O. The van der Waals surface area contributed by atoms with Crippen LogP contribution in [-0.4, -0.2) is 56.3 Å². The van der Waals surface area contributed by atoms with Gasteiger partial charge in [0.25, 0.3) is 0 Å². The van der Waals surface area contributed by atoms with Crippen molar-refractivity contribution in [1.82, 2.24) is 9.21 Å². The zero-order valence-corrected chi connectivity index (χ0v) is 15.0. The maximum atomic E-state index is 12.9. The minimum atomic E-state index is -3.65. The zero-order chi connectivity index (χ0) is 17.3. The number of sulfonamides is 1. The number of piperazine rings is 1. The molecule has 2 aliphatic heterocycles. The van der Waals surface area contributed by atoms with E-state index >= 15 is 0 Å². The predicted octanol–water partition coefficient (Wildman–Crippen LogP) is 1.50. The van der Waals surface area contributed by atoms with Gasteiger partial charge in [-0.1, -0.05) is 13.8 Å². The Balaban J connectivity index is 1.78. The quantitative estimate of drug-likeness (QED) is 0.824. The molecule has 0 atom stereocenters. The molecule has 0 bridgehead atoms. The summed E-state index contributed by atoms with van der Waals surface area (Å²) in [6.07, 6.45) is 1.71. The van der Waals surface area contributed by atoms with E-state index in [2.05, 4.69) is 0 Å². The largest absolute Gasteiger partial charge is 0.493 e. The van der Waals surface area contributed by atoms with E-state index in [1.54, 1.807) is 23.1 Å². The molecule has 1 aromatic carbocycles. The lowest BCUT2D eigenvalue weighted by Crippen LogP contribution is -2.52. The van der Waals surface area contributed by atoms with E-state index in [4.69, 9.17) is 4.74 Å². The van der Waals surface area contributed by atoms with Crippen molar-refractivity contribution in [1.29, 1.82) is 0 Å². The lowest BCUT2D eigenvalue weighted by Gasteiger charge is -2.34. The molecule has 2 heterocycles. The van der Waals surface area contributed by atoms with Crippen molar-refractivity contribution in [2.75, 3.05) is 32.8 Å². The summed E-state index contributed by atoms with van der Waals surface area (Å²) in [7, 11) is -3.65. The maximum absolute atomic E-state index is 12.9. The van der Waals surface area contributed by atoms with Gasteiger partial charge in [-0.05, 0) is 42.5 Å². The lowest BCUT2D eigenvalue weighted by atomic mass is 10.1. The second-order valence-electron chi connectivity index (χ2n) is 6.79. The molecule has 0 aliphatic carbocycles. The molecule has 0 unspecified atom stereocenters. The molecule has 1 fully saturated rings.